The maximum Gasteiger partial charge on any atom is 0.254 e. The van der Waals surface area contributed by atoms with Gasteiger partial charge in [-0.3, -0.25) is 4.79 Å². The van der Waals surface area contributed by atoms with Crippen molar-refractivity contribution in [3.8, 4) is 22.8 Å². The quantitative estimate of drug-likeness (QED) is 0.577. The minimum absolute atomic E-state index is 0.0916. The highest BCUT2D eigenvalue weighted by molar-refractivity contribution is 6.07. The Morgan fingerprint density at radius 2 is 1.93 bits per heavy atom. The van der Waals surface area contributed by atoms with Gasteiger partial charge >= 0.3 is 0 Å². The molecule has 1 amide bonds. The minimum atomic E-state index is 0.0916. The minimum Gasteiger partial charge on any atom is -0.497 e. The largest absolute Gasteiger partial charge is 0.497 e. The number of para-hydroxylation sites is 1. The van der Waals surface area contributed by atoms with E-state index in [-0.39, 0.29) is 5.91 Å². The van der Waals surface area contributed by atoms with Crippen LogP contribution < -0.4 is 9.47 Å². The molecule has 0 bridgehead atoms. The summed E-state index contributed by atoms with van der Waals surface area (Å²) in [6.45, 7) is 2.98. The summed E-state index contributed by atoms with van der Waals surface area (Å²) in [6, 6.07) is 15.7. The van der Waals surface area contributed by atoms with E-state index in [0.29, 0.717) is 23.1 Å². The fraction of sp³-hybridized carbons (Fsp3) is 0.360. The van der Waals surface area contributed by atoms with E-state index in [4.69, 9.17) is 14.5 Å². The Balaban J connectivity index is 1.86. The van der Waals surface area contributed by atoms with Crippen LogP contribution in [0.15, 0.2) is 48.5 Å². The van der Waals surface area contributed by atoms with Gasteiger partial charge in [0.25, 0.3) is 5.91 Å². The first-order valence-electron chi connectivity index (χ1n) is 10.6. The van der Waals surface area contributed by atoms with Gasteiger partial charge in [-0.1, -0.05) is 25.1 Å². The van der Waals surface area contributed by atoms with Gasteiger partial charge in [-0.15, -0.1) is 0 Å². The molecule has 5 nitrogen and oxygen atoms in total. The second-order valence-electron chi connectivity index (χ2n) is 7.69. The van der Waals surface area contributed by atoms with Crippen molar-refractivity contribution < 1.29 is 14.3 Å². The highest BCUT2D eigenvalue weighted by atomic mass is 16.5. The average molecular weight is 405 g/mol. The third-order valence-electron chi connectivity index (χ3n) is 5.99. The number of likely N-dealkylation sites (tertiary alicyclic amines) is 1. The normalized spacial score (nSPS) is 16.5. The molecule has 2 heterocycles. The number of benzene rings is 2. The van der Waals surface area contributed by atoms with E-state index in [1.54, 1.807) is 14.2 Å². The second kappa shape index (κ2) is 8.74. The number of aromatic nitrogens is 1. The topological polar surface area (TPSA) is 51.7 Å². The van der Waals surface area contributed by atoms with Gasteiger partial charge in [0.15, 0.2) is 0 Å². The third-order valence-corrected chi connectivity index (χ3v) is 5.99. The molecule has 1 aromatic heterocycles. The van der Waals surface area contributed by atoms with Gasteiger partial charge in [-0.2, -0.15) is 0 Å². The number of carbonyl (C=O) groups is 1. The van der Waals surface area contributed by atoms with Crippen LogP contribution in [0.1, 0.15) is 43.0 Å². The number of methoxy groups -OCH3 is 2. The van der Waals surface area contributed by atoms with Crippen LogP contribution in [0.3, 0.4) is 0 Å². The molecule has 0 radical (unpaired) electrons. The molecule has 0 aliphatic carbocycles. The Bertz CT molecular complexity index is 1060. The molecule has 0 saturated carbocycles. The number of piperidine rings is 1. The number of hydrogen-bond donors (Lipinski definition) is 0. The third kappa shape index (κ3) is 3.72. The van der Waals surface area contributed by atoms with E-state index in [1.165, 1.54) is 6.42 Å². The van der Waals surface area contributed by atoms with Crippen molar-refractivity contribution >= 4 is 16.8 Å². The fourth-order valence-electron chi connectivity index (χ4n) is 4.35. The average Bonchev–Trinajstić information content (AvgIpc) is 2.82. The fourth-order valence-corrected chi connectivity index (χ4v) is 4.35. The maximum absolute atomic E-state index is 13.7. The van der Waals surface area contributed by atoms with Gasteiger partial charge in [-0.05, 0) is 49.9 Å². The summed E-state index contributed by atoms with van der Waals surface area (Å²) >= 11 is 0. The van der Waals surface area contributed by atoms with E-state index in [9.17, 15) is 4.79 Å². The first kappa shape index (κ1) is 20.2. The molecule has 0 N–H and O–H groups in total. The lowest BCUT2D eigenvalue weighted by Crippen LogP contribution is -2.43. The van der Waals surface area contributed by atoms with E-state index < -0.39 is 0 Å². The van der Waals surface area contributed by atoms with Gasteiger partial charge in [0, 0.05) is 29.6 Å². The lowest BCUT2D eigenvalue weighted by atomic mass is 9.97. The highest BCUT2D eigenvalue weighted by Gasteiger charge is 2.28. The second-order valence-corrected chi connectivity index (χ2v) is 7.69. The van der Waals surface area contributed by atoms with Gasteiger partial charge < -0.3 is 14.4 Å². The predicted octanol–water partition coefficient (Wildman–Crippen LogP) is 5.32. The Kier molecular flexibility index (Phi) is 5.88. The van der Waals surface area contributed by atoms with Crippen molar-refractivity contribution in [2.24, 2.45) is 0 Å². The molecule has 1 atom stereocenters. The Morgan fingerprint density at radius 3 is 2.70 bits per heavy atom. The van der Waals surface area contributed by atoms with Gasteiger partial charge in [0.05, 0.1) is 31.0 Å². The summed E-state index contributed by atoms with van der Waals surface area (Å²) in [4.78, 5) is 20.6. The Hall–Kier alpha value is -3.08. The molecule has 0 spiro atoms. The van der Waals surface area contributed by atoms with Crippen LogP contribution in [-0.2, 0) is 0 Å². The van der Waals surface area contributed by atoms with Crippen molar-refractivity contribution in [3.05, 3.63) is 54.1 Å². The molecule has 4 rings (SSSR count). The molecule has 1 aliphatic heterocycles. The predicted molar refractivity (Wildman–Crippen MR) is 119 cm³/mol. The lowest BCUT2D eigenvalue weighted by Gasteiger charge is -2.35. The zero-order chi connectivity index (χ0) is 21.1. The molecule has 1 unspecified atom stereocenters. The summed E-state index contributed by atoms with van der Waals surface area (Å²) < 4.78 is 10.9. The van der Waals surface area contributed by atoms with E-state index in [2.05, 4.69) is 11.8 Å². The van der Waals surface area contributed by atoms with Gasteiger partial charge in [-0.25, -0.2) is 4.98 Å². The van der Waals surface area contributed by atoms with Crippen molar-refractivity contribution in [1.82, 2.24) is 9.88 Å². The number of rotatable bonds is 5. The SMILES string of the molecule is CCC1CCCCN1C(=O)c1cc(-c2ccc(OC)cc2OC)nc2ccccc12. The summed E-state index contributed by atoms with van der Waals surface area (Å²) in [7, 11) is 3.26. The molecule has 1 aliphatic rings. The van der Waals surface area contributed by atoms with E-state index >= 15 is 0 Å². The molecular formula is C25H28N2O3. The van der Waals surface area contributed by atoms with Crippen molar-refractivity contribution in [1.29, 1.82) is 0 Å². The van der Waals surface area contributed by atoms with Gasteiger partial charge in [0.2, 0.25) is 0 Å². The Morgan fingerprint density at radius 1 is 1.10 bits per heavy atom. The number of hydrogen-bond acceptors (Lipinski definition) is 4. The van der Waals surface area contributed by atoms with Crippen LogP contribution in [0.2, 0.25) is 0 Å². The van der Waals surface area contributed by atoms with Crippen LogP contribution in [-0.4, -0.2) is 42.6 Å². The molecule has 3 aromatic rings. The molecule has 156 valence electrons. The van der Waals surface area contributed by atoms with Crippen LogP contribution in [0.25, 0.3) is 22.2 Å². The highest BCUT2D eigenvalue weighted by Crippen LogP contribution is 2.35. The summed E-state index contributed by atoms with van der Waals surface area (Å²) in [5, 5.41) is 0.888. The number of fused-ring (bicyclic) bond motifs is 1. The standard InChI is InChI=1S/C25H28N2O3/c1-4-17-9-7-8-14-27(17)25(28)21-16-23(26-22-11-6-5-10-19(21)22)20-13-12-18(29-2)15-24(20)30-3/h5-6,10-13,15-17H,4,7-9,14H2,1-3H3. The van der Waals surface area contributed by atoms with Crippen molar-refractivity contribution in [2.45, 2.75) is 38.6 Å². The zero-order valence-electron chi connectivity index (χ0n) is 17.9. The number of pyridine rings is 1. The number of nitrogens with zero attached hydrogens (tertiary/aromatic N) is 2. The maximum atomic E-state index is 13.7. The molecule has 1 saturated heterocycles. The zero-order valence-corrected chi connectivity index (χ0v) is 17.9. The van der Waals surface area contributed by atoms with Gasteiger partial charge in [0.1, 0.15) is 11.5 Å². The van der Waals surface area contributed by atoms with E-state index in [1.807, 2.05) is 48.5 Å². The summed E-state index contributed by atoms with van der Waals surface area (Å²) in [5.41, 5.74) is 3.07. The molecule has 30 heavy (non-hydrogen) atoms. The number of carbonyl (C=O) groups excluding carboxylic acids is 1. The number of ether oxygens (including phenoxy) is 2. The molecule has 1 fully saturated rings. The van der Waals surface area contributed by atoms with Crippen LogP contribution in [0.4, 0.5) is 0 Å². The molecule has 5 heteroatoms. The lowest BCUT2D eigenvalue weighted by molar-refractivity contribution is 0.0610. The first-order valence-corrected chi connectivity index (χ1v) is 10.6. The number of amides is 1. The first-order chi connectivity index (χ1) is 14.7. The summed E-state index contributed by atoms with van der Waals surface area (Å²) in [6.07, 6.45) is 4.30. The monoisotopic (exact) mass is 404 g/mol. The summed E-state index contributed by atoms with van der Waals surface area (Å²) in [5.74, 6) is 1.47. The van der Waals surface area contributed by atoms with Crippen molar-refractivity contribution in [2.75, 3.05) is 20.8 Å². The van der Waals surface area contributed by atoms with Crippen LogP contribution in [0, 0.1) is 0 Å². The molecular weight excluding hydrogens is 376 g/mol. The van der Waals surface area contributed by atoms with E-state index in [0.717, 1.165) is 48.0 Å². The van der Waals surface area contributed by atoms with Crippen LogP contribution in [0.5, 0.6) is 11.5 Å². The van der Waals surface area contributed by atoms with Crippen LogP contribution >= 0.6 is 0 Å². The molecule has 2 aromatic carbocycles. The Labute approximate surface area is 177 Å². The van der Waals surface area contributed by atoms with Crippen molar-refractivity contribution in [3.63, 3.8) is 0 Å². The smallest absolute Gasteiger partial charge is 0.254 e.